The summed E-state index contributed by atoms with van der Waals surface area (Å²) in [7, 11) is 3.35. The molecule has 0 radical (unpaired) electrons. The number of fused-ring (bicyclic) bond motifs is 1. The number of anilines is 1. The van der Waals surface area contributed by atoms with Crippen LogP contribution in [0.3, 0.4) is 0 Å². The molecule has 0 spiro atoms. The van der Waals surface area contributed by atoms with E-state index in [2.05, 4.69) is 51.2 Å². The van der Waals surface area contributed by atoms with E-state index in [1.54, 1.807) is 20.4 Å². The van der Waals surface area contributed by atoms with Gasteiger partial charge in [-0.15, -0.1) is 0 Å². The van der Waals surface area contributed by atoms with Gasteiger partial charge in [-0.2, -0.15) is 10.2 Å². The molecule has 1 fully saturated rings. The number of imidazole rings is 1. The van der Waals surface area contributed by atoms with Crippen LogP contribution >= 0.6 is 0 Å². The van der Waals surface area contributed by atoms with Crippen molar-refractivity contribution in [3.8, 4) is 17.6 Å². The van der Waals surface area contributed by atoms with E-state index in [-0.39, 0.29) is 11.2 Å². The van der Waals surface area contributed by atoms with Crippen molar-refractivity contribution in [2.45, 2.75) is 33.9 Å². The molecule has 174 valence electrons. The summed E-state index contributed by atoms with van der Waals surface area (Å²) in [4.78, 5) is 18.1. The number of benzene rings is 1. The first-order valence-electron chi connectivity index (χ1n) is 11.1. The van der Waals surface area contributed by atoms with Gasteiger partial charge in [-0.05, 0) is 17.5 Å². The molecule has 4 rings (SSSR count). The summed E-state index contributed by atoms with van der Waals surface area (Å²) in [6, 6.07) is 7.99. The second kappa shape index (κ2) is 9.24. The predicted octanol–water partition coefficient (Wildman–Crippen LogP) is 3.08. The van der Waals surface area contributed by atoms with E-state index in [4.69, 9.17) is 14.5 Å². The van der Waals surface area contributed by atoms with Crippen molar-refractivity contribution < 1.29 is 9.47 Å². The molecule has 3 aromatic rings. The molecule has 2 aromatic heterocycles. The van der Waals surface area contributed by atoms with Crippen molar-refractivity contribution in [3.63, 3.8) is 0 Å². The maximum atomic E-state index is 9.24. The third kappa shape index (κ3) is 5.01. The fourth-order valence-electron chi connectivity index (χ4n) is 4.17. The average Bonchev–Trinajstić information content (AvgIpc) is 3.13. The maximum absolute atomic E-state index is 9.24. The van der Waals surface area contributed by atoms with E-state index in [9.17, 15) is 5.26 Å². The first-order valence-corrected chi connectivity index (χ1v) is 11.1. The molecule has 9 nitrogen and oxygen atoms in total. The Kier molecular flexibility index (Phi) is 6.38. The van der Waals surface area contributed by atoms with Crippen molar-refractivity contribution in [1.29, 1.82) is 5.26 Å². The maximum Gasteiger partial charge on any atom is 0.234 e. The molecule has 0 bridgehead atoms. The number of nitriles is 1. The highest BCUT2D eigenvalue weighted by molar-refractivity contribution is 5.70. The number of nitrogens with zero attached hydrogens (tertiary/aromatic N) is 7. The number of hydrogen-bond acceptors (Lipinski definition) is 8. The molecule has 33 heavy (non-hydrogen) atoms. The van der Waals surface area contributed by atoms with Gasteiger partial charge in [-0.25, -0.2) is 9.97 Å². The van der Waals surface area contributed by atoms with Crippen LogP contribution in [0.2, 0.25) is 0 Å². The fourth-order valence-corrected chi connectivity index (χ4v) is 4.17. The van der Waals surface area contributed by atoms with E-state index in [0.717, 1.165) is 73.4 Å². The quantitative estimate of drug-likeness (QED) is 0.567. The zero-order chi connectivity index (χ0) is 23.6. The number of rotatable bonds is 6. The number of aromatic nitrogens is 4. The SMILES string of the molecule is COc1ccc(N2CCN(Cc3nc4cnc(C#N)nc4n3CC(C)(C)C)CC2)c(OC)c1. The monoisotopic (exact) mass is 449 g/mol. The summed E-state index contributed by atoms with van der Waals surface area (Å²) in [5, 5.41) is 9.24. The first kappa shape index (κ1) is 22.8. The number of ether oxygens (including phenoxy) is 2. The molecule has 0 atom stereocenters. The Labute approximate surface area is 194 Å². The number of piperazine rings is 1. The Balaban J connectivity index is 1.52. The van der Waals surface area contributed by atoms with E-state index in [1.807, 2.05) is 18.2 Å². The Morgan fingerprint density at radius 3 is 2.45 bits per heavy atom. The van der Waals surface area contributed by atoms with Crippen LogP contribution in [0.1, 0.15) is 32.4 Å². The second-order valence-corrected chi connectivity index (χ2v) is 9.49. The summed E-state index contributed by atoms with van der Waals surface area (Å²) in [6.45, 7) is 11.7. The fraction of sp³-hybridized carbons (Fsp3) is 0.500. The van der Waals surface area contributed by atoms with Gasteiger partial charge >= 0.3 is 0 Å². The first-order chi connectivity index (χ1) is 15.8. The Bertz CT molecular complexity index is 1170. The zero-order valence-corrected chi connectivity index (χ0v) is 20.0. The molecule has 3 heterocycles. The second-order valence-electron chi connectivity index (χ2n) is 9.49. The highest BCUT2D eigenvalue weighted by atomic mass is 16.5. The molecule has 0 aliphatic carbocycles. The lowest BCUT2D eigenvalue weighted by molar-refractivity contribution is 0.235. The lowest BCUT2D eigenvalue weighted by Gasteiger charge is -2.36. The van der Waals surface area contributed by atoms with Crippen molar-refractivity contribution in [2.24, 2.45) is 5.41 Å². The van der Waals surface area contributed by atoms with E-state index >= 15 is 0 Å². The number of hydrogen-bond donors (Lipinski definition) is 0. The van der Waals surface area contributed by atoms with Gasteiger partial charge in [0.2, 0.25) is 5.82 Å². The van der Waals surface area contributed by atoms with Crippen LogP contribution in [0.15, 0.2) is 24.4 Å². The minimum Gasteiger partial charge on any atom is -0.497 e. The van der Waals surface area contributed by atoms with Gasteiger partial charge < -0.3 is 18.9 Å². The average molecular weight is 450 g/mol. The molecule has 0 unspecified atom stereocenters. The smallest absolute Gasteiger partial charge is 0.234 e. The molecule has 0 saturated carbocycles. The van der Waals surface area contributed by atoms with Crippen molar-refractivity contribution >= 4 is 16.9 Å². The molecule has 1 aromatic carbocycles. The summed E-state index contributed by atoms with van der Waals surface area (Å²) >= 11 is 0. The Hall–Kier alpha value is -3.38. The van der Waals surface area contributed by atoms with Gasteiger partial charge in [0, 0.05) is 38.8 Å². The topological polar surface area (TPSA) is 92.3 Å². The molecule has 1 aliphatic heterocycles. The predicted molar refractivity (Wildman–Crippen MR) is 127 cm³/mol. The molecule has 1 saturated heterocycles. The lowest BCUT2D eigenvalue weighted by atomic mass is 9.97. The summed E-state index contributed by atoms with van der Waals surface area (Å²) in [6.07, 6.45) is 1.65. The largest absolute Gasteiger partial charge is 0.497 e. The normalized spacial score (nSPS) is 15.0. The standard InChI is InChI=1S/C24H31N7O2/c1-24(2,3)16-31-22(27-18-14-26-21(13-25)28-23(18)31)15-29-8-10-30(11-9-29)19-7-6-17(32-4)12-20(19)33-5/h6-7,12,14H,8-11,15-16H2,1-5H3. The lowest BCUT2D eigenvalue weighted by Crippen LogP contribution is -2.46. The van der Waals surface area contributed by atoms with Crippen molar-refractivity contribution in [2.75, 3.05) is 45.3 Å². The van der Waals surface area contributed by atoms with Crippen molar-refractivity contribution in [1.82, 2.24) is 24.4 Å². The molecule has 0 N–H and O–H groups in total. The molecule has 9 heteroatoms. The van der Waals surface area contributed by atoms with Crippen LogP contribution in [0.5, 0.6) is 11.5 Å². The van der Waals surface area contributed by atoms with Gasteiger partial charge in [0.15, 0.2) is 5.65 Å². The van der Waals surface area contributed by atoms with Gasteiger partial charge in [-0.3, -0.25) is 4.90 Å². The molecular formula is C24H31N7O2. The summed E-state index contributed by atoms with van der Waals surface area (Å²) < 4.78 is 13.1. The van der Waals surface area contributed by atoms with E-state index < -0.39 is 0 Å². The van der Waals surface area contributed by atoms with Crippen LogP contribution in [0.4, 0.5) is 5.69 Å². The number of methoxy groups -OCH3 is 2. The highest BCUT2D eigenvalue weighted by Crippen LogP contribution is 2.33. The van der Waals surface area contributed by atoms with Crippen LogP contribution in [0.25, 0.3) is 11.2 Å². The van der Waals surface area contributed by atoms with Gasteiger partial charge in [0.05, 0.1) is 32.6 Å². The summed E-state index contributed by atoms with van der Waals surface area (Å²) in [5.41, 5.74) is 2.59. The van der Waals surface area contributed by atoms with Crippen LogP contribution < -0.4 is 14.4 Å². The van der Waals surface area contributed by atoms with Crippen LogP contribution in [0, 0.1) is 16.7 Å². The van der Waals surface area contributed by atoms with Crippen LogP contribution in [-0.4, -0.2) is 64.8 Å². The third-order valence-electron chi connectivity index (χ3n) is 5.76. The third-order valence-corrected chi connectivity index (χ3v) is 5.76. The van der Waals surface area contributed by atoms with Gasteiger partial charge in [-0.1, -0.05) is 20.8 Å². The molecular weight excluding hydrogens is 418 g/mol. The van der Waals surface area contributed by atoms with Crippen LogP contribution in [-0.2, 0) is 13.1 Å². The zero-order valence-electron chi connectivity index (χ0n) is 20.0. The van der Waals surface area contributed by atoms with E-state index in [0.29, 0.717) is 0 Å². The van der Waals surface area contributed by atoms with Gasteiger partial charge in [0.25, 0.3) is 0 Å². The minimum absolute atomic E-state index is 0.0454. The van der Waals surface area contributed by atoms with Crippen molar-refractivity contribution in [3.05, 3.63) is 36.0 Å². The Morgan fingerprint density at radius 1 is 1.06 bits per heavy atom. The van der Waals surface area contributed by atoms with E-state index in [1.165, 1.54) is 0 Å². The summed E-state index contributed by atoms with van der Waals surface area (Å²) in [5.74, 6) is 2.74. The Morgan fingerprint density at radius 2 is 1.82 bits per heavy atom. The highest BCUT2D eigenvalue weighted by Gasteiger charge is 2.24. The van der Waals surface area contributed by atoms with Gasteiger partial charge in [0.1, 0.15) is 28.9 Å². The molecule has 1 aliphatic rings. The minimum atomic E-state index is 0.0454. The molecule has 0 amide bonds.